The average molecular weight is 282 g/mol. The fourth-order valence-electron chi connectivity index (χ4n) is 1.27. The minimum absolute atomic E-state index is 0.0214. The first-order chi connectivity index (χ1) is 7.16. The lowest BCUT2D eigenvalue weighted by molar-refractivity contribution is 0.103. The van der Waals surface area contributed by atoms with Gasteiger partial charge < -0.3 is 0 Å². The first kappa shape index (κ1) is 10.5. The van der Waals surface area contributed by atoms with Crippen LogP contribution in [0, 0.1) is 6.92 Å². The Morgan fingerprint density at radius 3 is 2.73 bits per heavy atom. The highest BCUT2D eigenvalue weighted by Crippen LogP contribution is 2.18. The number of nitrogens with zero attached hydrogens (tertiary/aromatic N) is 1. The summed E-state index contributed by atoms with van der Waals surface area (Å²) in [5.74, 6) is 0.0214. The number of carbonyl (C=O) groups is 1. The zero-order valence-electron chi connectivity index (χ0n) is 8.03. The largest absolute Gasteiger partial charge is 0.289 e. The predicted octanol–water partition coefficient (Wildman–Crippen LogP) is 3.45. The summed E-state index contributed by atoms with van der Waals surface area (Å²) in [4.78, 5) is 17.1. The number of ketones is 1. The van der Waals surface area contributed by atoms with E-state index in [0.717, 1.165) is 14.9 Å². The molecule has 0 unspecified atom stereocenters. The van der Waals surface area contributed by atoms with E-state index in [1.807, 2.05) is 18.4 Å². The molecule has 0 N–H and O–H groups in total. The van der Waals surface area contributed by atoms with Gasteiger partial charge in [-0.1, -0.05) is 0 Å². The normalized spacial score (nSPS) is 10.3. The second kappa shape index (κ2) is 4.24. The number of thiophene rings is 1. The number of pyridine rings is 1. The molecule has 0 fully saturated rings. The molecule has 0 aliphatic rings. The molecule has 0 spiro atoms. The second-order valence-electron chi connectivity index (χ2n) is 3.17. The Balaban J connectivity index is 2.36. The van der Waals surface area contributed by atoms with Crippen LogP contribution in [0.15, 0.2) is 34.4 Å². The van der Waals surface area contributed by atoms with Crippen LogP contribution in [-0.4, -0.2) is 10.8 Å². The van der Waals surface area contributed by atoms with Gasteiger partial charge in [0.05, 0.1) is 0 Å². The van der Waals surface area contributed by atoms with Gasteiger partial charge in [0.15, 0.2) is 5.78 Å². The molecule has 2 aromatic rings. The molecule has 0 radical (unpaired) electrons. The molecule has 2 nitrogen and oxygen atoms in total. The summed E-state index contributed by atoms with van der Waals surface area (Å²) in [5.41, 5.74) is 1.35. The van der Waals surface area contributed by atoms with Crippen LogP contribution in [0.3, 0.4) is 0 Å². The quantitative estimate of drug-likeness (QED) is 0.790. The van der Waals surface area contributed by atoms with E-state index in [-0.39, 0.29) is 5.78 Å². The van der Waals surface area contributed by atoms with Crippen molar-refractivity contribution in [3.63, 3.8) is 0 Å². The van der Waals surface area contributed by atoms with Crippen molar-refractivity contribution in [2.45, 2.75) is 6.92 Å². The van der Waals surface area contributed by atoms with E-state index in [9.17, 15) is 4.79 Å². The van der Waals surface area contributed by atoms with Crippen LogP contribution in [-0.2, 0) is 0 Å². The van der Waals surface area contributed by atoms with Gasteiger partial charge in [-0.15, -0.1) is 11.3 Å². The van der Waals surface area contributed by atoms with E-state index in [2.05, 4.69) is 20.9 Å². The van der Waals surface area contributed by atoms with Crippen molar-refractivity contribution in [2.75, 3.05) is 0 Å². The van der Waals surface area contributed by atoms with Crippen LogP contribution in [0.1, 0.15) is 20.8 Å². The molecule has 4 heteroatoms. The molecule has 0 aromatic carbocycles. The first-order valence-electron chi connectivity index (χ1n) is 4.37. The van der Waals surface area contributed by atoms with Crippen LogP contribution in [0.25, 0.3) is 0 Å². The van der Waals surface area contributed by atoms with Gasteiger partial charge >= 0.3 is 0 Å². The fourth-order valence-corrected chi connectivity index (χ4v) is 2.31. The number of hydrogen-bond donors (Lipinski definition) is 0. The van der Waals surface area contributed by atoms with Crippen LogP contribution >= 0.6 is 27.3 Å². The lowest BCUT2D eigenvalue weighted by Crippen LogP contribution is -1.99. The summed E-state index contributed by atoms with van der Waals surface area (Å²) < 4.78 is 0.820. The molecule has 0 saturated heterocycles. The van der Waals surface area contributed by atoms with E-state index < -0.39 is 0 Å². The van der Waals surface area contributed by atoms with E-state index in [1.165, 1.54) is 0 Å². The van der Waals surface area contributed by atoms with Gasteiger partial charge in [-0.05, 0) is 35.0 Å². The van der Waals surface area contributed by atoms with E-state index in [0.29, 0.717) is 5.56 Å². The summed E-state index contributed by atoms with van der Waals surface area (Å²) in [6.45, 7) is 1.99. The maximum absolute atomic E-state index is 12.0. The molecule has 0 saturated carbocycles. The predicted molar refractivity (Wildman–Crippen MR) is 64.4 cm³/mol. The Kier molecular flexibility index (Phi) is 2.98. The van der Waals surface area contributed by atoms with Crippen LogP contribution in [0.4, 0.5) is 0 Å². The van der Waals surface area contributed by atoms with Crippen LogP contribution < -0.4 is 0 Å². The summed E-state index contributed by atoms with van der Waals surface area (Å²) in [6, 6.07) is 3.68. The highest BCUT2D eigenvalue weighted by atomic mass is 79.9. The molecule has 2 heterocycles. The third kappa shape index (κ3) is 2.33. The van der Waals surface area contributed by atoms with Gasteiger partial charge in [-0.25, -0.2) is 0 Å². The Labute approximate surface area is 100 Å². The molecule has 76 valence electrons. The van der Waals surface area contributed by atoms with Gasteiger partial charge in [0, 0.05) is 38.3 Å². The smallest absolute Gasteiger partial charge is 0.195 e. The van der Waals surface area contributed by atoms with Gasteiger partial charge in [-0.3, -0.25) is 9.78 Å². The fraction of sp³-hybridized carbons (Fsp3) is 0.0909. The van der Waals surface area contributed by atoms with Crippen molar-refractivity contribution in [1.29, 1.82) is 0 Å². The molecule has 2 aromatic heterocycles. The summed E-state index contributed by atoms with van der Waals surface area (Å²) in [5, 5.41) is 1.87. The van der Waals surface area contributed by atoms with E-state index in [4.69, 9.17) is 0 Å². The number of halogens is 1. The van der Waals surface area contributed by atoms with Gasteiger partial charge in [-0.2, -0.15) is 0 Å². The summed E-state index contributed by atoms with van der Waals surface area (Å²) in [6.07, 6.45) is 3.25. The zero-order valence-corrected chi connectivity index (χ0v) is 10.4. The number of aryl methyl sites for hydroxylation is 1. The number of hydrogen-bond acceptors (Lipinski definition) is 3. The number of carbonyl (C=O) groups excluding carboxylic acids is 1. The van der Waals surface area contributed by atoms with Crippen LogP contribution in [0.5, 0.6) is 0 Å². The second-order valence-corrected chi connectivity index (χ2v) is 5.20. The zero-order chi connectivity index (χ0) is 10.8. The lowest BCUT2D eigenvalue weighted by atomic mass is 10.1. The van der Waals surface area contributed by atoms with E-state index in [1.54, 1.807) is 29.8 Å². The third-order valence-electron chi connectivity index (χ3n) is 1.96. The Morgan fingerprint density at radius 2 is 2.13 bits per heavy atom. The molecule has 0 atom stereocenters. The maximum atomic E-state index is 12.0. The summed E-state index contributed by atoms with van der Waals surface area (Å²) in [7, 11) is 0. The Bertz CT molecular complexity index is 507. The monoisotopic (exact) mass is 281 g/mol. The maximum Gasteiger partial charge on any atom is 0.195 e. The minimum atomic E-state index is 0.0214. The SMILES string of the molecule is Cc1cc(C(=O)c2cncc(Br)c2)cs1. The van der Waals surface area contributed by atoms with Crippen molar-refractivity contribution in [1.82, 2.24) is 4.98 Å². The van der Waals surface area contributed by atoms with Crippen molar-refractivity contribution >= 4 is 33.0 Å². The standard InChI is InChI=1S/C11H8BrNOS/c1-7-2-9(6-15-7)11(14)8-3-10(12)5-13-4-8/h2-6H,1H3. The third-order valence-corrected chi connectivity index (χ3v) is 3.25. The average Bonchev–Trinajstić information content (AvgIpc) is 2.64. The summed E-state index contributed by atoms with van der Waals surface area (Å²) >= 11 is 4.87. The Hall–Kier alpha value is -1.000. The molecular weight excluding hydrogens is 274 g/mol. The van der Waals surface area contributed by atoms with Crippen molar-refractivity contribution in [2.24, 2.45) is 0 Å². The Morgan fingerprint density at radius 1 is 1.33 bits per heavy atom. The number of aromatic nitrogens is 1. The van der Waals surface area contributed by atoms with Gasteiger partial charge in [0.1, 0.15) is 0 Å². The highest BCUT2D eigenvalue weighted by Gasteiger charge is 2.10. The molecule has 0 amide bonds. The van der Waals surface area contributed by atoms with Gasteiger partial charge in [0.2, 0.25) is 0 Å². The highest BCUT2D eigenvalue weighted by molar-refractivity contribution is 9.10. The van der Waals surface area contributed by atoms with Crippen molar-refractivity contribution in [3.05, 3.63) is 50.4 Å². The lowest BCUT2D eigenvalue weighted by Gasteiger charge is -1.97. The van der Waals surface area contributed by atoms with Gasteiger partial charge in [0.25, 0.3) is 0 Å². The molecular formula is C11H8BrNOS. The van der Waals surface area contributed by atoms with Crippen molar-refractivity contribution in [3.8, 4) is 0 Å². The van der Waals surface area contributed by atoms with E-state index >= 15 is 0 Å². The minimum Gasteiger partial charge on any atom is -0.289 e. The van der Waals surface area contributed by atoms with Crippen LogP contribution in [0.2, 0.25) is 0 Å². The molecule has 15 heavy (non-hydrogen) atoms. The van der Waals surface area contributed by atoms with Crippen molar-refractivity contribution < 1.29 is 4.79 Å². The molecule has 0 bridgehead atoms. The molecule has 0 aliphatic carbocycles. The molecule has 2 rings (SSSR count). The number of rotatable bonds is 2. The molecule has 0 aliphatic heterocycles. The topological polar surface area (TPSA) is 30.0 Å². The first-order valence-corrected chi connectivity index (χ1v) is 6.04.